The van der Waals surface area contributed by atoms with Crippen molar-refractivity contribution in [1.82, 2.24) is 4.98 Å². The van der Waals surface area contributed by atoms with E-state index >= 15 is 0 Å². The largest absolute Gasteiger partial charge is 0.404 e. The Hall–Kier alpha value is -0.833. The van der Waals surface area contributed by atoms with Crippen LogP contribution < -0.4 is 4.98 Å². The van der Waals surface area contributed by atoms with Crippen LogP contribution in [0, 0.1) is 6.92 Å². The van der Waals surface area contributed by atoms with Gasteiger partial charge in [-0.3, -0.25) is 0 Å². The van der Waals surface area contributed by atoms with Crippen molar-refractivity contribution in [3.63, 3.8) is 0 Å². The van der Waals surface area contributed by atoms with Crippen molar-refractivity contribution < 1.29 is 0 Å². The van der Waals surface area contributed by atoms with Crippen LogP contribution in [0.1, 0.15) is 5.69 Å². The summed E-state index contributed by atoms with van der Waals surface area (Å²) < 4.78 is 0. The molecule has 0 aromatic carbocycles. The van der Waals surface area contributed by atoms with Gasteiger partial charge in [0, 0.05) is 5.69 Å². The first-order chi connectivity index (χ1) is 4.33. The molecule has 0 saturated carbocycles. The van der Waals surface area contributed by atoms with Crippen LogP contribution in [0.15, 0.2) is 18.2 Å². The summed E-state index contributed by atoms with van der Waals surface area (Å²) in [5.74, 6) is 0.988. The van der Waals surface area contributed by atoms with E-state index in [9.17, 15) is 0 Å². The molecule has 0 bridgehead atoms. The van der Waals surface area contributed by atoms with Crippen LogP contribution >= 0.6 is 0 Å². The Morgan fingerprint density at radius 2 is 2.33 bits per heavy atom. The van der Waals surface area contributed by atoms with E-state index in [1.165, 1.54) is 0 Å². The molecule has 3 heteroatoms. The number of pyridine rings is 1. The summed E-state index contributed by atoms with van der Waals surface area (Å²) in [6, 6.07) is 5.96. The minimum Gasteiger partial charge on any atom is -0.404 e. The summed E-state index contributed by atoms with van der Waals surface area (Å²) in [6.45, 7) is 1.99. The maximum Gasteiger partial charge on any atom is 0.117 e. The lowest BCUT2D eigenvalue weighted by atomic mass is 10.4. The monoisotopic (exact) mass is 138 g/mol. The van der Waals surface area contributed by atoms with Crippen LogP contribution in [-0.2, 0) is 0 Å². The van der Waals surface area contributed by atoms with Crippen LogP contribution in [0.25, 0.3) is 0 Å². The smallest absolute Gasteiger partial charge is 0.117 e. The molecule has 1 rings (SSSR count). The summed E-state index contributed by atoms with van der Waals surface area (Å²) in [7, 11) is 0.962. The average Bonchev–Trinajstić information content (AvgIpc) is 1.88. The molecule has 0 aliphatic heterocycles. The minimum absolute atomic E-state index is 0.962. The molecular formula is C6H10N2Si. The van der Waals surface area contributed by atoms with Gasteiger partial charge in [0.15, 0.2) is 0 Å². The molecule has 1 aromatic rings. The fourth-order valence-corrected chi connectivity index (χ4v) is 0.961. The number of hydrogen-bond acceptors (Lipinski definition) is 2. The standard InChI is InChI=1S/C6H10N2Si/c1-5-3-2-4-6(7-5)8-9/h2-4H,1,9H3,(H,7,8). The molecule has 0 aliphatic carbocycles. The average molecular weight is 138 g/mol. The molecule has 0 atom stereocenters. The SMILES string of the molecule is Cc1cccc(N[SiH3])n1. The number of nitrogens with zero attached hydrogens (tertiary/aromatic N) is 1. The van der Waals surface area contributed by atoms with E-state index in [0.29, 0.717) is 0 Å². The van der Waals surface area contributed by atoms with Crippen molar-refractivity contribution in [1.29, 1.82) is 0 Å². The second-order valence-electron chi connectivity index (χ2n) is 1.91. The molecule has 0 radical (unpaired) electrons. The molecule has 0 fully saturated rings. The molecule has 0 spiro atoms. The molecule has 0 unspecified atom stereocenters. The molecule has 1 N–H and O–H groups in total. The van der Waals surface area contributed by atoms with Crippen LogP contribution in [0.4, 0.5) is 5.82 Å². The summed E-state index contributed by atoms with van der Waals surface area (Å²) >= 11 is 0. The summed E-state index contributed by atoms with van der Waals surface area (Å²) in [6.07, 6.45) is 0. The number of hydrogen-bond donors (Lipinski definition) is 1. The van der Waals surface area contributed by atoms with Crippen LogP contribution in [0.5, 0.6) is 0 Å². The molecular weight excluding hydrogens is 128 g/mol. The fraction of sp³-hybridized carbons (Fsp3) is 0.167. The van der Waals surface area contributed by atoms with Crippen molar-refractivity contribution in [2.24, 2.45) is 0 Å². The number of nitrogens with one attached hydrogen (secondary N) is 1. The van der Waals surface area contributed by atoms with Gasteiger partial charge in [-0.15, -0.1) is 0 Å². The molecule has 1 heterocycles. The zero-order valence-corrected chi connectivity index (χ0v) is 7.68. The molecule has 0 amide bonds. The first kappa shape index (κ1) is 6.29. The maximum atomic E-state index is 4.22. The van der Waals surface area contributed by atoms with Gasteiger partial charge in [0.25, 0.3) is 0 Å². The van der Waals surface area contributed by atoms with Gasteiger partial charge in [0.05, 0.1) is 0 Å². The molecule has 0 saturated heterocycles. The highest BCUT2D eigenvalue weighted by molar-refractivity contribution is 6.15. The van der Waals surface area contributed by atoms with Gasteiger partial charge in [-0.1, -0.05) is 6.07 Å². The number of rotatable bonds is 1. The van der Waals surface area contributed by atoms with E-state index in [2.05, 4.69) is 9.97 Å². The predicted octanol–water partition coefficient (Wildman–Crippen LogP) is 0.0823. The van der Waals surface area contributed by atoms with Gasteiger partial charge in [0.2, 0.25) is 0 Å². The Bertz CT molecular complexity index is 200. The van der Waals surface area contributed by atoms with Gasteiger partial charge in [-0.25, -0.2) is 4.98 Å². The highest BCUT2D eigenvalue weighted by Crippen LogP contribution is 2.00. The Kier molecular flexibility index (Phi) is 1.84. The molecule has 48 valence electrons. The molecule has 9 heavy (non-hydrogen) atoms. The lowest BCUT2D eigenvalue weighted by molar-refractivity contribution is 1.21. The molecule has 1 aromatic heterocycles. The first-order valence-electron chi connectivity index (χ1n) is 2.94. The predicted molar refractivity (Wildman–Crippen MR) is 42.5 cm³/mol. The van der Waals surface area contributed by atoms with E-state index in [4.69, 9.17) is 0 Å². The van der Waals surface area contributed by atoms with E-state index in [-0.39, 0.29) is 0 Å². The Morgan fingerprint density at radius 1 is 1.56 bits per heavy atom. The summed E-state index contributed by atoms with van der Waals surface area (Å²) in [5, 5.41) is 0. The zero-order chi connectivity index (χ0) is 6.69. The number of aromatic nitrogens is 1. The second kappa shape index (κ2) is 2.64. The van der Waals surface area contributed by atoms with Crippen molar-refractivity contribution in [2.75, 3.05) is 4.98 Å². The van der Waals surface area contributed by atoms with Gasteiger partial charge in [-0.2, -0.15) is 0 Å². The molecule has 0 aliphatic rings. The lowest BCUT2D eigenvalue weighted by Crippen LogP contribution is -1.93. The van der Waals surface area contributed by atoms with Crippen LogP contribution in [0.3, 0.4) is 0 Å². The van der Waals surface area contributed by atoms with Gasteiger partial charge >= 0.3 is 0 Å². The Balaban J connectivity index is 2.94. The highest BCUT2D eigenvalue weighted by atomic mass is 28.2. The number of aryl methyl sites for hydroxylation is 1. The van der Waals surface area contributed by atoms with Crippen molar-refractivity contribution in [2.45, 2.75) is 6.92 Å². The van der Waals surface area contributed by atoms with Gasteiger partial charge < -0.3 is 4.98 Å². The molecule has 2 nitrogen and oxygen atoms in total. The fourth-order valence-electron chi connectivity index (χ4n) is 0.682. The van der Waals surface area contributed by atoms with Crippen LogP contribution in [0.2, 0.25) is 0 Å². The van der Waals surface area contributed by atoms with E-state index in [0.717, 1.165) is 21.9 Å². The maximum absolute atomic E-state index is 4.22. The van der Waals surface area contributed by atoms with Crippen molar-refractivity contribution in [3.8, 4) is 0 Å². The Morgan fingerprint density at radius 3 is 2.78 bits per heavy atom. The van der Waals surface area contributed by atoms with Gasteiger partial charge in [0.1, 0.15) is 16.2 Å². The quantitative estimate of drug-likeness (QED) is 0.556. The lowest BCUT2D eigenvalue weighted by Gasteiger charge is -1.97. The second-order valence-corrected chi connectivity index (χ2v) is 2.41. The summed E-state index contributed by atoms with van der Waals surface area (Å²) in [4.78, 5) is 7.31. The Labute approximate surface area is 57.8 Å². The van der Waals surface area contributed by atoms with Gasteiger partial charge in [-0.05, 0) is 19.1 Å². The zero-order valence-electron chi connectivity index (χ0n) is 5.68. The van der Waals surface area contributed by atoms with E-state index < -0.39 is 0 Å². The third-order valence-corrected chi connectivity index (χ3v) is 1.66. The van der Waals surface area contributed by atoms with Crippen molar-refractivity contribution in [3.05, 3.63) is 23.9 Å². The first-order valence-corrected chi connectivity index (χ1v) is 3.94. The van der Waals surface area contributed by atoms with Crippen molar-refractivity contribution >= 4 is 16.2 Å². The topological polar surface area (TPSA) is 24.9 Å². The highest BCUT2D eigenvalue weighted by Gasteiger charge is 1.86. The minimum atomic E-state index is 0.962. The van der Waals surface area contributed by atoms with Crippen LogP contribution in [-0.4, -0.2) is 15.4 Å². The van der Waals surface area contributed by atoms with E-state index in [1.807, 2.05) is 25.1 Å². The summed E-state index contributed by atoms with van der Waals surface area (Å²) in [5.41, 5.74) is 1.07. The third kappa shape index (κ3) is 1.53. The number of anilines is 1. The third-order valence-electron chi connectivity index (χ3n) is 1.14. The van der Waals surface area contributed by atoms with E-state index in [1.54, 1.807) is 0 Å². The normalized spacial score (nSPS) is 9.44.